The molecular formula is C15H20ClNO2. The molecule has 0 radical (unpaired) electrons. The van der Waals surface area contributed by atoms with Gasteiger partial charge in [-0.3, -0.25) is 0 Å². The molecule has 1 rings (SSSR count). The van der Waals surface area contributed by atoms with Crippen molar-refractivity contribution in [3.63, 3.8) is 0 Å². The summed E-state index contributed by atoms with van der Waals surface area (Å²) in [5, 5.41) is 3.47. The highest BCUT2D eigenvalue weighted by atomic mass is 35.5. The molecule has 1 amide bonds. The highest BCUT2D eigenvalue weighted by Gasteiger charge is 2.18. The van der Waals surface area contributed by atoms with Crippen LogP contribution in [0, 0.1) is 0 Å². The Morgan fingerprint density at radius 2 is 2.00 bits per heavy atom. The van der Waals surface area contributed by atoms with Gasteiger partial charge in [0.15, 0.2) is 0 Å². The molecule has 0 spiro atoms. The summed E-state index contributed by atoms with van der Waals surface area (Å²) in [5.41, 5.74) is 0.571. The number of halogens is 1. The van der Waals surface area contributed by atoms with Crippen LogP contribution >= 0.6 is 11.6 Å². The summed E-state index contributed by atoms with van der Waals surface area (Å²) in [5.74, 6) is 0. The molecule has 1 aromatic carbocycles. The second-order valence-electron chi connectivity index (χ2n) is 5.32. The number of carbonyl (C=O) groups is 1. The number of hydrogen-bond acceptors (Lipinski definition) is 2. The van der Waals surface area contributed by atoms with Crippen molar-refractivity contribution in [1.82, 2.24) is 5.32 Å². The minimum Gasteiger partial charge on any atom is -0.444 e. The summed E-state index contributed by atoms with van der Waals surface area (Å²) in [6, 6.07) is 7.33. The lowest BCUT2D eigenvalue weighted by Crippen LogP contribution is -2.39. The van der Waals surface area contributed by atoms with Crippen LogP contribution in [0.1, 0.15) is 26.3 Å². The summed E-state index contributed by atoms with van der Waals surface area (Å²) in [6.07, 6.45) is 1.91. The monoisotopic (exact) mass is 281 g/mol. The Balaban J connectivity index is 2.57. The third kappa shape index (κ3) is 6.30. The minimum atomic E-state index is -0.504. The summed E-state index contributed by atoms with van der Waals surface area (Å²) in [7, 11) is 0. The van der Waals surface area contributed by atoms with Crippen molar-refractivity contribution in [2.45, 2.75) is 38.8 Å². The molecule has 0 aromatic heterocycles. The van der Waals surface area contributed by atoms with E-state index in [-0.39, 0.29) is 6.04 Å². The van der Waals surface area contributed by atoms with Crippen LogP contribution < -0.4 is 5.32 Å². The zero-order chi connectivity index (χ0) is 14.5. The van der Waals surface area contributed by atoms with Gasteiger partial charge in [-0.25, -0.2) is 4.79 Å². The van der Waals surface area contributed by atoms with E-state index in [1.807, 2.05) is 45.0 Å². The molecule has 0 aliphatic carbocycles. The predicted octanol–water partition coefficient (Wildman–Crippen LogP) is 3.96. The van der Waals surface area contributed by atoms with Gasteiger partial charge in [0, 0.05) is 5.02 Å². The molecule has 19 heavy (non-hydrogen) atoms. The van der Waals surface area contributed by atoms with Gasteiger partial charge in [-0.1, -0.05) is 29.8 Å². The molecule has 0 heterocycles. The van der Waals surface area contributed by atoms with Crippen LogP contribution in [0.25, 0.3) is 0 Å². The molecule has 104 valence electrons. The molecule has 3 nitrogen and oxygen atoms in total. The lowest BCUT2D eigenvalue weighted by molar-refractivity contribution is 0.0514. The number of alkyl carbamates (subject to hydrolysis) is 1. The fourth-order valence-corrected chi connectivity index (χ4v) is 1.65. The Morgan fingerprint density at radius 3 is 2.47 bits per heavy atom. The molecule has 1 N–H and O–H groups in total. The quantitative estimate of drug-likeness (QED) is 0.848. The van der Waals surface area contributed by atoms with Gasteiger partial charge >= 0.3 is 6.09 Å². The van der Waals surface area contributed by atoms with Crippen molar-refractivity contribution >= 4 is 17.7 Å². The Bertz CT molecular complexity index is 434. The number of ether oxygens (including phenoxy) is 1. The van der Waals surface area contributed by atoms with E-state index in [9.17, 15) is 4.79 Å². The second-order valence-corrected chi connectivity index (χ2v) is 5.76. The van der Waals surface area contributed by atoms with Gasteiger partial charge in [-0.15, -0.1) is 6.58 Å². The van der Waals surface area contributed by atoms with E-state index in [4.69, 9.17) is 16.3 Å². The van der Waals surface area contributed by atoms with E-state index < -0.39 is 11.7 Å². The largest absolute Gasteiger partial charge is 0.444 e. The normalized spacial score (nSPS) is 12.6. The molecule has 0 bridgehead atoms. The smallest absolute Gasteiger partial charge is 0.408 e. The van der Waals surface area contributed by atoms with Gasteiger partial charge in [0.1, 0.15) is 5.60 Å². The van der Waals surface area contributed by atoms with Crippen LogP contribution in [0.2, 0.25) is 5.02 Å². The maximum Gasteiger partial charge on any atom is 0.408 e. The lowest BCUT2D eigenvalue weighted by Gasteiger charge is -2.22. The van der Waals surface area contributed by atoms with E-state index in [2.05, 4.69) is 11.9 Å². The number of rotatable bonds is 4. The summed E-state index contributed by atoms with van der Waals surface area (Å²) in [4.78, 5) is 11.7. The lowest BCUT2D eigenvalue weighted by atomic mass is 10.1. The van der Waals surface area contributed by atoms with Crippen LogP contribution in [0.5, 0.6) is 0 Å². The van der Waals surface area contributed by atoms with E-state index in [1.54, 1.807) is 6.08 Å². The molecule has 0 aliphatic rings. The second kappa shape index (κ2) is 6.62. The molecule has 0 saturated carbocycles. The third-order valence-corrected chi connectivity index (χ3v) is 2.61. The Morgan fingerprint density at radius 1 is 1.42 bits per heavy atom. The SMILES string of the molecule is C=C[C@H](Cc1ccc(Cl)cc1)NC(=O)OC(C)(C)C. The van der Waals surface area contributed by atoms with Gasteiger partial charge < -0.3 is 10.1 Å². The van der Waals surface area contributed by atoms with Crippen LogP contribution in [0.3, 0.4) is 0 Å². The fourth-order valence-electron chi connectivity index (χ4n) is 1.53. The minimum absolute atomic E-state index is 0.170. The Kier molecular flexibility index (Phi) is 5.43. The van der Waals surface area contributed by atoms with Crippen molar-refractivity contribution in [1.29, 1.82) is 0 Å². The fraction of sp³-hybridized carbons (Fsp3) is 0.400. The number of hydrogen-bond donors (Lipinski definition) is 1. The number of carbonyl (C=O) groups excluding carboxylic acids is 1. The highest BCUT2D eigenvalue weighted by Crippen LogP contribution is 2.12. The summed E-state index contributed by atoms with van der Waals surface area (Å²) in [6.45, 7) is 9.21. The third-order valence-electron chi connectivity index (χ3n) is 2.36. The van der Waals surface area contributed by atoms with Crippen molar-refractivity contribution in [2.24, 2.45) is 0 Å². The zero-order valence-electron chi connectivity index (χ0n) is 11.6. The maximum atomic E-state index is 11.7. The predicted molar refractivity (Wildman–Crippen MR) is 78.5 cm³/mol. The van der Waals surface area contributed by atoms with Gasteiger partial charge in [0.25, 0.3) is 0 Å². The zero-order valence-corrected chi connectivity index (χ0v) is 12.3. The van der Waals surface area contributed by atoms with E-state index in [0.29, 0.717) is 11.4 Å². The van der Waals surface area contributed by atoms with Gasteiger partial charge in [-0.05, 0) is 44.9 Å². The number of nitrogens with one attached hydrogen (secondary N) is 1. The highest BCUT2D eigenvalue weighted by molar-refractivity contribution is 6.30. The van der Waals surface area contributed by atoms with Crippen molar-refractivity contribution in [3.05, 3.63) is 47.5 Å². The molecule has 1 atom stereocenters. The average Bonchev–Trinajstić information content (AvgIpc) is 2.28. The standard InChI is InChI=1S/C15H20ClNO2/c1-5-13(17-14(18)19-15(2,3)4)10-11-6-8-12(16)9-7-11/h5-9,13H,1,10H2,2-4H3,(H,17,18)/t13-/m1/s1. The van der Waals surface area contributed by atoms with Gasteiger partial charge in [-0.2, -0.15) is 0 Å². The molecule has 4 heteroatoms. The van der Waals surface area contributed by atoms with Gasteiger partial charge in [0.05, 0.1) is 6.04 Å². The maximum absolute atomic E-state index is 11.7. The number of amides is 1. The first-order chi connectivity index (χ1) is 8.80. The first kappa shape index (κ1) is 15.6. The van der Waals surface area contributed by atoms with E-state index in [1.165, 1.54) is 0 Å². The van der Waals surface area contributed by atoms with Crippen LogP contribution in [0.15, 0.2) is 36.9 Å². The molecule has 0 fully saturated rings. The topological polar surface area (TPSA) is 38.3 Å². The summed E-state index contributed by atoms with van der Waals surface area (Å²) < 4.78 is 5.21. The summed E-state index contributed by atoms with van der Waals surface area (Å²) >= 11 is 5.83. The number of benzene rings is 1. The van der Waals surface area contributed by atoms with Crippen molar-refractivity contribution < 1.29 is 9.53 Å². The van der Waals surface area contributed by atoms with Crippen LogP contribution in [-0.2, 0) is 11.2 Å². The van der Waals surface area contributed by atoms with E-state index in [0.717, 1.165) is 5.56 Å². The molecule has 1 aromatic rings. The molecule has 0 saturated heterocycles. The van der Waals surface area contributed by atoms with Crippen molar-refractivity contribution in [2.75, 3.05) is 0 Å². The van der Waals surface area contributed by atoms with Crippen LogP contribution in [-0.4, -0.2) is 17.7 Å². The van der Waals surface area contributed by atoms with Crippen molar-refractivity contribution in [3.8, 4) is 0 Å². The van der Waals surface area contributed by atoms with Crippen LogP contribution in [0.4, 0.5) is 4.79 Å². The first-order valence-electron chi connectivity index (χ1n) is 6.16. The van der Waals surface area contributed by atoms with E-state index >= 15 is 0 Å². The Hall–Kier alpha value is -1.48. The molecule has 0 unspecified atom stereocenters. The van der Waals surface area contributed by atoms with Gasteiger partial charge in [0.2, 0.25) is 0 Å². The molecule has 0 aliphatic heterocycles. The first-order valence-corrected chi connectivity index (χ1v) is 6.54. The Labute approximate surface area is 119 Å². The average molecular weight is 282 g/mol. The molecular weight excluding hydrogens is 262 g/mol.